The zero-order chi connectivity index (χ0) is 28.3. The van der Waals surface area contributed by atoms with Gasteiger partial charge in [-0.2, -0.15) is 0 Å². The standard InChI is InChI=1S/C29H59N2O6P/c1-3-5-7-9-11-13-14-15-17-19-21-23-29(33)31-27(26-37-38(34,35)36-25-24-30)28(32)22-20-18-16-12-10-8-6-4-2/h9,11,27-28,32H,3-8,10,12-26,30H2,1-2H3,(H,31,33)(H,34,35)/b11-9-. The van der Waals surface area contributed by atoms with Crippen LogP contribution in [0.15, 0.2) is 12.2 Å². The molecule has 0 aliphatic rings. The average molecular weight is 563 g/mol. The lowest BCUT2D eigenvalue weighted by molar-refractivity contribution is -0.123. The number of carbonyl (C=O) groups excluding carboxylic acids is 1. The SMILES string of the molecule is CCCC/C=C\CCCCCCCC(=O)NC(COP(=O)(O)OCCN)C(O)CCCCCCCCCC. The molecule has 9 heteroatoms. The highest BCUT2D eigenvalue weighted by molar-refractivity contribution is 7.47. The Morgan fingerprint density at radius 3 is 2.03 bits per heavy atom. The maximum Gasteiger partial charge on any atom is 0.472 e. The summed E-state index contributed by atoms with van der Waals surface area (Å²) in [5.74, 6) is -0.178. The number of hydrogen-bond donors (Lipinski definition) is 4. The van der Waals surface area contributed by atoms with Gasteiger partial charge < -0.3 is 21.1 Å². The van der Waals surface area contributed by atoms with Crippen molar-refractivity contribution in [2.24, 2.45) is 5.73 Å². The summed E-state index contributed by atoms with van der Waals surface area (Å²) in [6, 6.07) is -0.770. The van der Waals surface area contributed by atoms with E-state index in [9.17, 15) is 19.4 Å². The van der Waals surface area contributed by atoms with Gasteiger partial charge in [0.2, 0.25) is 5.91 Å². The Morgan fingerprint density at radius 2 is 1.39 bits per heavy atom. The molecule has 0 spiro atoms. The first-order chi connectivity index (χ1) is 18.4. The lowest BCUT2D eigenvalue weighted by Gasteiger charge is -2.25. The smallest absolute Gasteiger partial charge is 0.391 e. The molecule has 0 rings (SSSR count). The van der Waals surface area contributed by atoms with Crippen molar-refractivity contribution in [3.63, 3.8) is 0 Å². The summed E-state index contributed by atoms with van der Waals surface area (Å²) < 4.78 is 21.9. The first-order valence-corrected chi connectivity index (χ1v) is 16.8. The van der Waals surface area contributed by atoms with Gasteiger partial charge in [-0.1, -0.05) is 109 Å². The number of nitrogens with one attached hydrogen (secondary N) is 1. The molecule has 0 aromatic carbocycles. The topological polar surface area (TPSA) is 131 Å². The highest BCUT2D eigenvalue weighted by Gasteiger charge is 2.27. The molecule has 0 aliphatic carbocycles. The second-order valence-electron chi connectivity index (χ2n) is 10.3. The fraction of sp³-hybridized carbons (Fsp3) is 0.897. The van der Waals surface area contributed by atoms with E-state index in [1.807, 2.05) is 0 Å². The minimum absolute atomic E-state index is 0.0881. The van der Waals surface area contributed by atoms with Gasteiger partial charge in [-0.15, -0.1) is 0 Å². The van der Waals surface area contributed by atoms with Crippen molar-refractivity contribution in [3.05, 3.63) is 12.2 Å². The molecule has 3 atom stereocenters. The number of nitrogens with two attached hydrogens (primary N) is 1. The molecule has 0 aliphatic heterocycles. The van der Waals surface area contributed by atoms with Gasteiger partial charge in [-0.05, 0) is 32.1 Å². The highest BCUT2D eigenvalue weighted by atomic mass is 31.2. The molecule has 5 N–H and O–H groups in total. The first kappa shape index (κ1) is 37.2. The third-order valence-corrected chi connectivity index (χ3v) is 7.60. The summed E-state index contributed by atoms with van der Waals surface area (Å²) in [5, 5.41) is 13.6. The quantitative estimate of drug-likeness (QED) is 0.0462. The van der Waals surface area contributed by atoms with Crippen LogP contribution < -0.4 is 11.1 Å². The number of phosphoric acid groups is 1. The van der Waals surface area contributed by atoms with Gasteiger partial charge in [0.15, 0.2) is 0 Å². The predicted octanol–water partition coefficient (Wildman–Crippen LogP) is 6.93. The monoisotopic (exact) mass is 562 g/mol. The van der Waals surface area contributed by atoms with E-state index in [4.69, 9.17) is 14.8 Å². The van der Waals surface area contributed by atoms with Crippen LogP contribution in [0.4, 0.5) is 0 Å². The lowest BCUT2D eigenvalue weighted by atomic mass is 10.0. The number of aliphatic hydroxyl groups is 1. The number of phosphoric ester groups is 1. The van der Waals surface area contributed by atoms with Crippen LogP contribution in [0.25, 0.3) is 0 Å². The highest BCUT2D eigenvalue weighted by Crippen LogP contribution is 2.43. The molecule has 0 bridgehead atoms. The van der Waals surface area contributed by atoms with Crippen LogP contribution in [0.3, 0.4) is 0 Å². The molecule has 0 radical (unpaired) electrons. The molecule has 0 aromatic rings. The van der Waals surface area contributed by atoms with E-state index < -0.39 is 20.0 Å². The van der Waals surface area contributed by atoms with Crippen molar-refractivity contribution in [2.45, 2.75) is 148 Å². The molecule has 38 heavy (non-hydrogen) atoms. The summed E-state index contributed by atoms with van der Waals surface area (Å²) in [6.45, 7) is 4.09. The number of carbonyl (C=O) groups is 1. The third-order valence-electron chi connectivity index (χ3n) is 6.62. The lowest BCUT2D eigenvalue weighted by Crippen LogP contribution is -2.46. The third kappa shape index (κ3) is 24.3. The second kappa shape index (κ2) is 26.5. The fourth-order valence-electron chi connectivity index (χ4n) is 4.23. The number of allylic oxidation sites excluding steroid dienone is 2. The van der Waals surface area contributed by atoms with Gasteiger partial charge in [0.1, 0.15) is 0 Å². The largest absolute Gasteiger partial charge is 0.472 e. The zero-order valence-electron chi connectivity index (χ0n) is 24.4. The van der Waals surface area contributed by atoms with Crippen molar-refractivity contribution >= 4 is 13.7 Å². The Hall–Kier alpha value is -0.760. The van der Waals surface area contributed by atoms with Crippen molar-refractivity contribution in [1.29, 1.82) is 0 Å². The maximum atomic E-state index is 12.5. The molecular formula is C29H59N2O6P. The second-order valence-corrected chi connectivity index (χ2v) is 11.8. The van der Waals surface area contributed by atoms with E-state index >= 15 is 0 Å². The van der Waals surface area contributed by atoms with E-state index in [2.05, 4.69) is 31.3 Å². The summed E-state index contributed by atoms with van der Waals surface area (Å²) in [6.07, 6.45) is 23.7. The van der Waals surface area contributed by atoms with Crippen LogP contribution in [-0.2, 0) is 18.4 Å². The Balaban J connectivity index is 4.39. The Labute approximate surface area is 233 Å². The van der Waals surface area contributed by atoms with Gasteiger partial charge in [-0.25, -0.2) is 4.57 Å². The summed E-state index contributed by atoms with van der Waals surface area (Å²) >= 11 is 0. The fourth-order valence-corrected chi connectivity index (χ4v) is 4.99. The minimum atomic E-state index is -4.29. The molecule has 8 nitrogen and oxygen atoms in total. The van der Waals surface area contributed by atoms with Gasteiger partial charge in [0.05, 0.1) is 25.4 Å². The van der Waals surface area contributed by atoms with E-state index in [0.29, 0.717) is 12.8 Å². The molecule has 0 aromatic heterocycles. The van der Waals surface area contributed by atoms with Crippen LogP contribution in [0, 0.1) is 0 Å². The van der Waals surface area contributed by atoms with Crippen LogP contribution >= 0.6 is 7.82 Å². The van der Waals surface area contributed by atoms with Crippen molar-refractivity contribution in [2.75, 3.05) is 19.8 Å². The molecule has 3 unspecified atom stereocenters. The van der Waals surface area contributed by atoms with Crippen LogP contribution in [0.1, 0.15) is 136 Å². The zero-order valence-corrected chi connectivity index (χ0v) is 25.3. The normalized spacial score (nSPS) is 15.0. The van der Waals surface area contributed by atoms with Crippen molar-refractivity contribution < 1.29 is 28.4 Å². The summed E-state index contributed by atoms with van der Waals surface area (Å²) in [7, 11) is -4.29. The molecule has 0 heterocycles. The minimum Gasteiger partial charge on any atom is -0.391 e. The number of hydrogen-bond acceptors (Lipinski definition) is 6. The van der Waals surface area contributed by atoms with Gasteiger partial charge in [-0.3, -0.25) is 13.8 Å². The average Bonchev–Trinajstić information content (AvgIpc) is 2.89. The first-order valence-electron chi connectivity index (χ1n) is 15.3. The van der Waals surface area contributed by atoms with Crippen LogP contribution in [0.5, 0.6) is 0 Å². The molecule has 1 amide bonds. The van der Waals surface area contributed by atoms with Gasteiger partial charge >= 0.3 is 7.82 Å². The number of rotatable bonds is 28. The molecule has 0 saturated heterocycles. The molecular weight excluding hydrogens is 503 g/mol. The summed E-state index contributed by atoms with van der Waals surface area (Å²) in [4.78, 5) is 22.4. The molecule has 226 valence electrons. The van der Waals surface area contributed by atoms with E-state index in [1.165, 1.54) is 57.8 Å². The van der Waals surface area contributed by atoms with E-state index in [0.717, 1.165) is 51.4 Å². The van der Waals surface area contributed by atoms with Crippen molar-refractivity contribution in [1.82, 2.24) is 5.32 Å². The van der Waals surface area contributed by atoms with Gasteiger partial charge in [0.25, 0.3) is 0 Å². The van der Waals surface area contributed by atoms with E-state index in [1.54, 1.807) is 0 Å². The van der Waals surface area contributed by atoms with Crippen LogP contribution in [0.2, 0.25) is 0 Å². The van der Waals surface area contributed by atoms with Crippen molar-refractivity contribution in [3.8, 4) is 0 Å². The molecule has 0 saturated carbocycles. The van der Waals surface area contributed by atoms with Crippen LogP contribution in [-0.4, -0.2) is 47.8 Å². The maximum absolute atomic E-state index is 12.5. The number of aliphatic hydroxyl groups excluding tert-OH is 1. The van der Waals surface area contributed by atoms with Gasteiger partial charge in [0, 0.05) is 13.0 Å². The number of amides is 1. The molecule has 0 fully saturated rings. The Bertz CT molecular complexity index is 620. The Kier molecular flexibility index (Phi) is 25.9. The van der Waals surface area contributed by atoms with E-state index in [-0.39, 0.29) is 25.7 Å². The summed E-state index contributed by atoms with van der Waals surface area (Å²) in [5.41, 5.74) is 5.32. The predicted molar refractivity (Wildman–Crippen MR) is 157 cm³/mol. The number of unbranched alkanes of at least 4 members (excludes halogenated alkanes) is 14. The Morgan fingerprint density at radius 1 is 0.842 bits per heavy atom.